The van der Waals surface area contributed by atoms with Gasteiger partial charge in [-0.15, -0.1) is 0 Å². The lowest BCUT2D eigenvalue weighted by molar-refractivity contribution is -0.140. The lowest BCUT2D eigenvalue weighted by atomic mass is 9.97. The van der Waals surface area contributed by atoms with Gasteiger partial charge in [-0.25, -0.2) is 0 Å². The Labute approximate surface area is 180 Å². The van der Waals surface area contributed by atoms with E-state index in [1.54, 1.807) is 12.0 Å². The molecule has 0 spiro atoms. The summed E-state index contributed by atoms with van der Waals surface area (Å²) in [7, 11) is 1.61. The molecule has 1 aromatic rings. The molecular formula is C23H37N3O4. The summed E-state index contributed by atoms with van der Waals surface area (Å²) in [6.07, 6.45) is 4.26. The Balaban J connectivity index is 2.59. The largest absolute Gasteiger partial charge is 0.385 e. The summed E-state index contributed by atoms with van der Waals surface area (Å²) >= 11 is 0. The first kappa shape index (κ1) is 25.6. The van der Waals surface area contributed by atoms with E-state index in [1.165, 1.54) is 0 Å². The third-order valence-electron chi connectivity index (χ3n) is 4.95. The molecule has 1 rings (SSSR count). The minimum Gasteiger partial charge on any atom is -0.385 e. The summed E-state index contributed by atoms with van der Waals surface area (Å²) in [6.45, 7) is 6.86. The molecule has 0 bridgehead atoms. The van der Waals surface area contributed by atoms with Gasteiger partial charge in [-0.3, -0.25) is 14.4 Å². The first-order chi connectivity index (χ1) is 14.4. The molecule has 168 valence electrons. The van der Waals surface area contributed by atoms with Crippen LogP contribution < -0.4 is 10.6 Å². The molecule has 0 aromatic heterocycles. The van der Waals surface area contributed by atoms with Crippen molar-refractivity contribution in [3.63, 3.8) is 0 Å². The van der Waals surface area contributed by atoms with Crippen LogP contribution in [0.4, 0.5) is 5.69 Å². The van der Waals surface area contributed by atoms with Crippen molar-refractivity contribution < 1.29 is 19.1 Å². The van der Waals surface area contributed by atoms with E-state index in [9.17, 15) is 14.4 Å². The predicted molar refractivity (Wildman–Crippen MR) is 119 cm³/mol. The Hall–Kier alpha value is -2.41. The maximum Gasteiger partial charge on any atom is 0.243 e. The van der Waals surface area contributed by atoms with Crippen LogP contribution in [0.15, 0.2) is 24.3 Å². The van der Waals surface area contributed by atoms with Gasteiger partial charge in [0.15, 0.2) is 0 Å². The van der Waals surface area contributed by atoms with Crippen LogP contribution in [-0.4, -0.2) is 56.0 Å². The highest BCUT2D eigenvalue weighted by molar-refractivity contribution is 5.95. The highest BCUT2D eigenvalue weighted by Crippen LogP contribution is 2.16. The molecule has 1 aromatic carbocycles. The van der Waals surface area contributed by atoms with Gasteiger partial charge in [0.25, 0.3) is 0 Å². The first-order valence-corrected chi connectivity index (χ1v) is 10.8. The van der Waals surface area contributed by atoms with Crippen molar-refractivity contribution in [3.05, 3.63) is 29.8 Å². The average molecular weight is 420 g/mol. The molecule has 0 radical (unpaired) electrons. The number of unbranched alkanes of at least 4 members (excludes halogenated alkanes) is 1. The summed E-state index contributed by atoms with van der Waals surface area (Å²) in [5, 5.41) is 5.36. The van der Waals surface area contributed by atoms with Crippen molar-refractivity contribution in [3.8, 4) is 0 Å². The van der Waals surface area contributed by atoms with Crippen LogP contribution in [0.1, 0.15) is 51.5 Å². The third kappa shape index (κ3) is 9.87. The zero-order valence-electron chi connectivity index (χ0n) is 18.8. The molecule has 1 unspecified atom stereocenters. The second kappa shape index (κ2) is 14.6. The fourth-order valence-corrected chi connectivity index (χ4v) is 3.13. The fourth-order valence-electron chi connectivity index (χ4n) is 3.13. The van der Waals surface area contributed by atoms with Gasteiger partial charge < -0.3 is 20.3 Å². The maximum absolute atomic E-state index is 12.9. The number of methoxy groups -OCH3 is 1. The van der Waals surface area contributed by atoms with E-state index in [-0.39, 0.29) is 36.7 Å². The zero-order chi connectivity index (χ0) is 22.4. The van der Waals surface area contributed by atoms with E-state index in [2.05, 4.69) is 17.6 Å². The standard InChI is InChI=1S/C23H37N3O4/c1-5-7-9-19(6-2)23(29)26(14-8-15-30-4)17-22(28)24-16-21(27)25-20-12-10-18(3)11-13-20/h10-13,19H,5-9,14-17H2,1-4H3,(H,24,28)(H,25,27). The number of benzene rings is 1. The Kier molecular flexibility index (Phi) is 12.4. The molecule has 1 atom stereocenters. The summed E-state index contributed by atoms with van der Waals surface area (Å²) in [4.78, 5) is 39.0. The van der Waals surface area contributed by atoms with Crippen LogP contribution >= 0.6 is 0 Å². The number of hydrogen-bond donors (Lipinski definition) is 2. The summed E-state index contributed by atoms with van der Waals surface area (Å²) in [5.41, 5.74) is 1.78. The number of carbonyl (C=O) groups is 3. The molecule has 0 aliphatic carbocycles. The molecule has 0 aliphatic rings. The van der Waals surface area contributed by atoms with Gasteiger partial charge in [-0.2, -0.15) is 0 Å². The molecule has 2 N–H and O–H groups in total. The van der Waals surface area contributed by atoms with Gasteiger partial charge in [0.05, 0.1) is 13.1 Å². The quantitative estimate of drug-likeness (QED) is 0.454. The van der Waals surface area contributed by atoms with Crippen LogP contribution in [0.25, 0.3) is 0 Å². The Morgan fingerprint density at radius 3 is 2.37 bits per heavy atom. The number of aryl methyl sites for hydroxylation is 1. The van der Waals surface area contributed by atoms with Gasteiger partial charge >= 0.3 is 0 Å². The summed E-state index contributed by atoms with van der Waals surface area (Å²) in [6, 6.07) is 7.43. The molecular weight excluding hydrogens is 382 g/mol. The van der Waals surface area contributed by atoms with Crippen LogP contribution in [0, 0.1) is 12.8 Å². The zero-order valence-corrected chi connectivity index (χ0v) is 18.8. The Bertz CT molecular complexity index is 661. The van der Waals surface area contributed by atoms with Crippen molar-refractivity contribution >= 4 is 23.4 Å². The van der Waals surface area contributed by atoms with Crippen LogP contribution in [-0.2, 0) is 19.1 Å². The van der Waals surface area contributed by atoms with Crippen molar-refractivity contribution in [1.82, 2.24) is 10.2 Å². The number of rotatable bonds is 14. The average Bonchev–Trinajstić information content (AvgIpc) is 2.73. The van der Waals surface area contributed by atoms with Crippen LogP contribution in [0.2, 0.25) is 0 Å². The Morgan fingerprint density at radius 1 is 1.07 bits per heavy atom. The normalized spacial score (nSPS) is 11.6. The van der Waals surface area contributed by atoms with Gasteiger partial charge in [0.2, 0.25) is 17.7 Å². The number of nitrogens with zero attached hydrogens (tertiary/aromatic N) is 1. The number of nitrogens with one attached hydrogen (secondary N) is 2. The minimum absolute atomic E-state index is 0.00121. The number of amides is 3. The summed E-state index contributed by atoms with van der Waals surface area (Å²) in [5.74, 6) is -0.726. The third-order valence-corrected chi connectivity index (χ3v) is 4.95. The highest BCUT2D eigenvalue weighted by Gasteiger charge is 2.24. The van der Waals surface area contributed by atoms with E-state index >= 15 is 0 Å². The van der Waals surface area contributed by atoms with Crippen LogP contribution in [0.3, 0.4) is 0 Å². The van der Waals surface area contributed by atoms with E-state index < -0.39 is 0 Å². The smallest absolute Gasteiger partial charge is 0.243 e. The molecule has 0 heterocycles. The molecule has 3 amide bonds. The van der Waals surface area contributed by atoms with E-state index in [0.29, 0.717) is 25.3 Å². The van der Waals surface area contributed by atoms with E-state index in [1.807, 2.05) is 38.1 Å². The molecule has 0 saturated carbocycles. The van der Waals surface area contributed by atoms with Crippen molar-refractivity contribution in [2.24, 2.45) is 5.92 Å². The monoisotopic (exact) mass is 419 g/mol. The number of carbonyl (C=O) groups excluding carboxylic acids is 3. The SMILES string of the molecule is CCCCC(CC)C(=O)N(CCCOC)CC(=O)NCC(=O)Nc1ccc(C)cc1. The molecule has 30 heavy (non-hydrogen) atoms. The molecule has 0 fully saturated rings. The van der Waals surface area contributed by atoms with Gasteiger partial charge in [-0.05, 0) is 38.3 Å². The first-order valence-electron chi connectivity index (χ1n) is 10.8. The number of hydrogen-bond acceptors (Lipinski definition) is 4. The minimum atomic E-state index is -0.342. The highest BCUT2D eigenvalue weighted by atomic mass is 16.5. The Morgan fingerprint density at radius 2 is 1.77 bits per heavy atom. The van der Waals surface area contributed by atoms with Gasteiger partial charge in [0, 0.05) is 31.9 Å². The predicted octanol–water partition coefficient (Wildman–Crippen LogP) is 3.13. The molecule has 0 saturated heterocycles. The molecule has 0 aliphatic heterocycles. The van der Waals surface area contributed by atoms with Crippen LogP contribution in [0.5, 0.6) is 0 Å². The topological polar surface area (TPSA) is 87.7 Å². The second-order valence-electron chi connectivity index (χ2n) is 7.54. The lowest BCUT2D eigenvalue weighted by Crippen LogP contribution is -2.45. The summed E-state index contributed by atoms with van der Waals surface area (Å²) < 4.78 is 5.08. The van der Waals surface area contributed by atoms with Crippen molar-refractivity contribution in [2.75, 3.05) is 38.7 Å². The number of anilines is 1. The molecule has 7 nitrogen and oxygen atoms in total. The second-order valence-corrected chi connectivity index (χ2v) is 7.54. The van der Waals surface area contributed by atoms with E-state index in [0.717, 1.165) is 31.2 Å². The van der Waals surface area contributed by atoms with Gasteiger partial charge in [0.1, 0.15) is 0 Å². The van der Waals surface area contributed by atoms with E-state index in [4.69, 9.17) is 4.74 Å². The lowest BCUT2D eigenvalue weighted by Gasteiger charge is -2.26. The molecule has 7 heteroatoms. The van der Waals surface area contributed by atoms with Gasteiger partial charge in [-0.1, -0.05) is 44.4 Å². The number of ether oxygens (including phenoxy) is 1. The van der Waals surface area contributed by atoms with Crippen molar-refractivity contribution in [2.45, 2.75) is 52.9 Å². The maximum atomic E-state index is 12.9. The fraction of sp³-hybridized carbons (Fsp3) is 0.609. The van der Waals surface area contributed by atoms with Crippen molar-refractivity contribution in [1.29, 1.82) is 0 Å².